The van der Waals surface area contributed by atoms with Gasteiger partial charge in [0.25, 0.3) is 0 Å². The van der Waals surface area contributed by atoms with Gasteiger partial charge in [-0.2, -0.15) is 5.10 Å². The van der Waals surface area contributed by atoms with Crippen LogP contribution in [0.2, 0.25) is 0 Å². The maximum Gasteiger partial charge on any atom is 0.162 e. The zero-order valence-corrected chi connectivity index (χ0v) is 11.0. The summed E-state index contributed by atoms with van der Waals surface area (Å²) >= 11 is 0. The Morgan fingerprint density at radius 2 is 1.89 bits per heavy atom. The minimum absolute atomic E-state index is 0.448. The lowest BCUT2D eigenvalue weighted by Crippen LogP contribution is -2.06. The average molecular weight is 257 g/mol. The molecule has 4 nitrogen and oxygen atoms in total. The molecular weight excluding hydrogens is 238 g/mol. The Labute approximate surface area is 113 Å². The molecule has 0 saturated heterocycles. The van der Waals surface area contributed by atoms with Crippen LogP contribution < -0.4 is 4.74 Å². The van der Waals surface area contributed by atoms with Crippen LogP contribution >= 0.6 is 0 Å². The Kier molecular flexibility index (Phi) is 3.77. The second-order valence-corrected chi connectivity index (χ2v) is 5.08. The standard InChI is InChI=1S/C15H19N3O/c1-3-7-12(8-4-1)15-16-14(17-18-15)11-19-13-9-5-2-6-10-13/h2,5-6,9-10,12H,1,3-4,7-8,11H2,(H,16,17,18). The number of hydrogen-bond donors (Lipinski definition) is 1. The number of benzene rings is 1. The molecular formula is C15H19N3O. The van der Waals surface area contributed by atoms with Gasteiger partial charge in [0, 0.05) is 5.92 Å². The van der Waals surface area contributed by atoms with E-state index in [9.17, 15) is 0 Å². The van der Waals surface area contributed by atoms with Crippen molar-refractivity contribution in [2.45, 2.75) is 44.6 Å². The number of nitrogens with one attached hydrogen (secondary N) is 1. The van der Waals surface area contributed by atoms with E-state index >= 15 is 0 Å². The molecule has 2 aromatic rings. The summed E-state index contributed by atoms with van der Waals surface area (Å²) in [6.07, 6.45) is 6.39. The predicted molar refractivity (Wildman–Crippen MR) is 73.0 cm³/mol. The van der Waals surface area contributed by atoms with Crippen molar-refractivity contribution in [2.75, 3.05) is 0 Å². The number of aromatic nitrogens is 3. The Bertz CT molecular complexity index is 503. The summed E-state index contributed by atoms with van der Waals surface area (Å²) in [5.74, 6) is 3.17. The van der Waals surface area contributed by atoms with Crippen LogP contribution in [0.1, 0.15) is 49.7 Å². The van der Waals surface area contributed by atoms with Crippen molar-refractivity contribution in [3.8, 4) is 5.75 Å². The van der Waals surface area contributed by atoms with E-state index in [1.807, 2.05) is 30.3 Å². The lowest BCUT2D eigenvalue weighted by Gasteiger charge is -2.17. The van der Waals surface area contributed by atoms with E-state index in [2.05, 4.69) is 15.2 Å². The van der Waals surface area contributed by atoms with E-state index in [-0.39, 0.29) is 0 Å². The van der Waals surface area contributed by atoms with Crippen molar-refractivity contribution in [1.82, 2.24) is 15.2 Å². The molecule has 1 saturated carbocycles. The van der Waals surface area contributed by atoms with Crippen LogP contribution in [0.5, 0.6) is 5.75 Å². The van der Waals surface area contributed by atoms with Crippen molar-refractivity contribution in [2.24, 2.45) is 0 Å². The van der Waals surface area contributed by atoms with Gasteiger partial charge in [-0.1, -0.05) is 37.5 Å². The van der Waals surface area contributed by atoms with Crippen molar-refractivity contribution in [3.05, 3.63) is 42.0 Å². The number of hydrogen-bond acceptors (Lipinski definition) is 3. The summed E-state index contributed by atoms with van der Waals surface area (Å²) < 4.78 is 5.66. The molecule has 0 unspecified atom stereocenters. The van der Waals surface area contributed by atoms with Crippen LogP contribution in [0.15, 0.2) is 30.3 Å². The van der Waals surface area contributed by atoms with E-state index in [0.29, 0.717) is 12.5 Å². The fourth-order valence-electron chi connectivity index (χ4n) is 2.59. The second kappa shape index (κ2) is 5.87. The second-order valence-electron chi connectivity index (χ2n) is 5.08. The first kappa shape index (κ1) is 12.2. The largest absolute Gasteiger partial charge is 0.486 e. The molecule has 19 heavy (non-hydrogen) atoms. The zero-order chi connectivity index (χ0) is 12.9. The van der Waals surface area contributed by atoms with Crippen LogP contribution in [0, 0.1) is 0 Å². The van der Waals surface area contributed by atoms with Gasteiger partial charge in [0.05, 0.1) is 0 Å². The summed E-state index contributed by atoms with van der Waals surface area (Å²) in [4.78, 5) is 4.56. The molecule has 1 aliphatic rings. The monoisotopic (exact) mass is 257 g/mol. The van der Waals surface area contributed by atoms with Gasteiger partial charge < -0.3 is 4.74 Å². The predicted octanol–water partition coefficient (Wildman–Crippen LogP) is 3.43. The fourth-order valence-corrected chi connectivity index (χ4v) is 2.59. The Morgan fingerprint density at radius 1 is 1.11 bits per heavy atom. The molecule has 100 valence electrons. The molecule has 1 N–H and O–H groups in total. The highest BCUT2D eigenvalue weighted by Crippen LogP contribution is 2.30. The quantitative estimate of drug-likeness (QED) is 0.912. The molecule has 1 heterocycles. The van der Waals surface area contributed by atoms with E-state index in [0.717, 1.165) is 17.4 Å². The Hall–Kier alpha value is -1.84. The van der Waals surface area contributed by atoms with Gasteiger partial charge in [-0.25, -0.2) is 4.98 Å². The maximum atomic E-state index is 5.66. The molecule has 0 atom stereocenters. The topological polar surface area (TPSA) is 50.8 Å². The fraction of sp³-hybridized carbons (Fsp3) is 0.467. The van der Waals surface area contributed by atoms with Gasteiger partial charge in [-0.3, -0.25) is 5.10 Å². The molecule has 0 amide bonds. The third kappa shape index (κ3) is 3.13. The third-order valence-corrected chi connectivity index (χ3v) is 3.64. The molecule has 0 aliphatic heterocycles. The van der Waals surface area contributed by atoms with E-state index < -0.39 is 0 Å². The number of rotatable bonds is 4. The molecule has 3 rings (SSSR count). The minimum Gasteiger partial charge on any atom is -0.486 e. The van der Waals surface area contributed by atoms with Crippen LogP contribution in [0.25, 0.3) is 0 Å². The highest BCUT2D eigenvalue weighted by atomic mass is 16.5. The first-order chi connectivity index (χ1) is 9.42. The Morgan fingerprint density at radius 3 is 2.68 bits per heavy atom. The zero-order valence-electron chi connectivity index (χ0n) is 11.0. The molecule has 1 fully saturated rings. The molecule has 0 radical (unpaired) electrons. The first-order valence-corrected chi connectivity index (χ1v) is 7.01. The molecule has 4 heteroatoms. The normalized spacial score (nSPS) is 16.4. The highest BCUT2D eigenvalue weighted by molar-refractivity contribution is 5.21. The van der Waals surface area contributed by atoms with Gasteiger partial charge in [0.15, 0.2) is 11.6 Å². The van der Waals surface area contributed by atoms with E-state index in [4.69, 9.17) is 4.74 Å². The summed E-state index contributed by atoms with van der Waals surface area (Å²) in [7, 11) is 0. The summed E-state index contributed by atoms with van der Waals surface area (Å²) in [6, 6.07) is 9.78. The van der Waals surface area contributed by atoms with E-state index in [1.165, 1.54) is 32.1 Å². The maximum absolute atomic E-state index is 5.66. The van der Waals surface area contributed by atoms with Crippen LogP contribution in [-0.2, 0) is 6.61 Å². The number of para-hydroxylation sites is 1. The molecule has 1 aliphatic carbocycles. The molecule has 1 aromatic heterocycles. The average Bonchev–Trinajstić information content (AvgIpc) is 2.96. The number of ether oxygens (including phenoxy) is 1. The summed E-state index contributed by atoms with van der Waals surface area (Å²) in [6.45, 7) is 0.448. The smallest absolute Gasteiger partial charge is 0.162 e. The molecule has 0 spiro atoms. The molecule has 1 aromatic carbocycles. The number of H-pyrrole nitrogens is 1. The lowest BCUT2D eigenvalue weighted by atomic mass is 9.89. The summed E-state index contributed by atoms with van der Waals surface area (Å²) in [5.41, 5.74) is 0. The van der Waals surface area contributed by atoms with Crippen LogP contribution in [0.4, 0.5) is 0 Å². The van der Waals surface area contributed by atoms with Crippen molar-refractivity contribution >= 4 is 0 Å². The number of aromatic amines is 1. The lowest BCUT2D eigenvalue weighted by molar-refractivity contribution is 0.296. The van der Waals surface area contributed by atoms with Crippen LogP contribution in [0.3, 0.4) is 0 Å². The van der Waals surface area contributed by atoms with Gasteiger partial charge in [-0.15, -0.1) is 0 Å². The SMILES string of the molecule is c1ccc(OCc2nc(C3CCCCC3)n[nH]2)cc1. The van der Waals surface area contributed by atoms with Crippen molar-refractivity contribution in [1.29, 1.82) is 0 Å². The first-order valence-electron chi connectivity index (χ1n) is 7.01. The highest BCUT2D eigenvalue weighted by Gasteiger charge is 2.19. The molecule has 0 bridgehead atoms. The van der Waals surface area contributed by atoms with Crippen molar-refractivity contribution in [3.63, 3.8) is 0 Å². The minimum atomic E-state index is 0.448. The van der Waals surface area contributed by atoms with Gasteiger partial charge >= 0.3 is 0 Å². The third-order valence-electron chi connectivity index (χ3n) is 3.64. The van der Waals surface area contributed by atoms with E-state index in [1.54, 1.807) is 0 Å². The van der Waals surface area contributed by atoms with Crippen molar-refractivity contribution < 1.29 is 4.74 Å². The van der Waals surface area contributed by atoms with Crippen LogP contribution in [-0.4, -0.2) is 15.2 Å². The summed E-state index contributed by atoms with van der Waals surface area (Å²) in [5, 5.41) is 7.32. The van der Waals surface area contributed by atoms with Gasteiger partial charge in [0.2, 0.25) is 0 Å². The number of nitrogens with zero attached hydrogens (tertiary/aromatic N) is 2. The van der Waals surface area contributed by atoms with Gasteiger partial charge in [0.1, 0.15) is 12.4 Å². The Balaban J connectivity index is 1.58. The van der Waals surface area contributed by atoms with Gasteiger partial charge in [-0.05, 0) is 25.0 Å².